The summed E-state index contributed by atoms with van der Waals surface area (Å²) in [5.41, 5.74) is 0.309. The van der Waals surface area contributed by atoms with Gasteiger partial charge in [-0.2, -0.15) is 0 Å². The number of aliphatic hydroxyl groups is 3. The molecular weight excluding hydrogens is 258 g/mol. The van der Waals surface area contributed by atoms with E-state index in [0.717, 1.165) is 0 Å². The Morgan fingerprint density at radius 2 is 2.00 bits per heavy atom. The Balaban J connectivity index is 2.21. The standard InChI is InChI=1S/C12H16FO4P/c1-5-9(14)11(16)12(17-5)10(15)6-2-3-8(18)7(13)4-6/h2-5,9-12,14-16H,18H2,1H3. The minimum absolute atomic E-state index is 0.309. The summed E-state index contributed by atoms with van der Waals surface area (Å²) < 4.78 is 18.7. The van der Waals surface area contributed by atoms with Gasteiger partial charge in [-0.15, -0.1) is 9.24 Å². The van der Waals surface area contributed by atoms with Crippen molar-refractivity contribution in [3.8, 4) is 0 Å². The van der Waals surface area contributed by atoms with Crippen LogP contribution in [0.2, 0.25) is 0 Å². The van der Waals surface area contributed by atoms with Gasteiger partial charge in [0.2, 0.25) is 0 Å². The van der Waals surface area contributed by atoms with E-state index in [1.54, 1.807) is 13.0 Å². The second-order valence-electron chi connectivity index (χ2n) is 4.51. The van der Waals surface area contributed by atoms with Gasteiger partial charge in [-0.3, -0.25) is 0 Å². The number of benzene rings is 1. The van der Waals surface area contributed by atoms with Crippen molar-refractivity contribution in [2.24, 2.45) is 0 Å². The third-order valence-corrected chi connectivity index (χ3v) is 3.68. The van der Waals surface area contributed by atoms with E-state index in [0.29, 0.717) is 10.9 Å². The van der Waals surface area contributed by atoms with Crippen molar-refractivity contribution in [2.45, 2.75) is 37.4 Å². The Labute approximate surface area is 107 Å². The zero-order chi connectivity index (χ0) is 13.4. The second-order valence-corrected chi connectivity index (χ2v) is 5.13. The molecule has 1 fully saturated rings. The molecule has 6 unspecified atom stereocenters. The average Bonchev–Trinajstić information content (AvgIpc) is 2.60. The van der Waals surface area contributed by atoms with Gasteiger partial charge in [0.15, 0.2) is 0 Å². The number of hydrogen-bond donors (Lipinski definition) is 3. The Bertz CT molecular complexity index is 442. The van der Waals surface area contributed by atoms with Gasteiger partial charge in [0, 0.05) is 5.30 Å². The maximum Gasteiger partial charge on any atom is 0.130 e. The number of ether oxygens (including phenoxy) is 1. The molecule has 2 rings (SSSR count). The lowest BCUT2D eigenvalue weighted by Crippen LogP contribution is -2.35. The molecular formula is C12H16FO4P. The van der Waals surface area contributed by atoms with Crippen molar-refractivity contribution in [3.63, 3.8) is 0 Å². The molecule has 1 aliphatic heterocycles. The van der Waals surface area contributed by atoms with Gasteiger partial charge in [0.1, 0.15) is 30.2 Å². The van der Waals surface area contributed by atoms with Gasteiger partial charge in [-0.1, -0.05) is 12.1 Å². The van der Waals surface area contributed by atoms with Crippen LogP contribution in [-0.4, -0.2) is 39.7 Å². The molecule has 0 saturated carbocycles. The second kappa shape index (κ2) is 5.19. The maximum atomic E-state index is 13.4. The van der Waals surface area contributed by atoms with E-state index in [4.69, 9.17) is 4.74 Å². The Kier molecular flexibility index (Phi) is 3.99. The zero-order valence-corrected chi connectivity index (χ0v) is 11.0. The van der Waals surface area contributed by atoms with Gasteiger partial charge in [0.05, 0.1) is 6.10 Å². The van der Waals surface area contributed by atoms with Crippen molar-refractivity contribution >= 4 is 14.5 Å². The third-order valence-electron chi connectivity index (χ3n) is 3.22. The van der Waals surface area contributed by atoms with Crippen LogP contribution >= 0.6 is 9.24 Å². The molecule has 0 spiro atoms. The van der Waals surface area contributed by atoms with Crippen LogP contribution in [0.25, 0.3) is 0 Å². The van der Waals surface area contributed by atoms with Crippen LogP contribution in [0.15, 0.2) is 18.2 Å². The van der Waals surface area contributed by atoms with E-state index in [1.807, 2.05) is 0 Å². The molecule has 3 N–H and O–H groups in total. The first-order valence-electron chi connectivity index (χ1n) is 5.66. The van der Waals surface area contributed by atoms with Crippen LogP contribution in [0.3, 0.4) is 0 Å². The molecule has 0 bridgehead atoms. The number of aliphatic hydroxyl groups excluding tert-OH is 3. The quantitative estimate of drug-likeness (QED) is 0.657. The van der Waals surface area contributed by atoms with Crippen LogP contribution in [-0.2, 0) is 4.74 Å². The van der Waals surface area contributed by atoms with E-state index >= 15 is 0 Å². The van der Waals surface area contributed by atoms with Crippen molar-refractivity contribution in [1.82, 2.24) is 0 Å². The van der Waals surface area contributed by atoms with E-state index in [2.05, 4.69) is 9.24 Å². The highest BCUT2D eigenvalue weighted by Crippen LogP contribution is 2.30. The summed E-state index contributed by atoms with van der Waals surface area (Å²) >= 11 is 0. The highest BCUT2D eigenvalue weighted by molar-refractivity contribution is 7.27. The fourth-order valence-electron chi connectivity index (χ4n) is 2.06. The maximum absolute atomic E-state index is 13.4. The van der Waals surface area contributed by atoms with Crippen LogP contribution in [0.4, 0.5) is 4.39 Å². The summed E-state index contributed by atoms with van der Waals surface area (Å²) in [5, 5.41) is 29.8. The van der Waals surface area contributed by atoms with E-state index < -0.39 is 36.3 Å². The first-order valence-corrected chi connectivity index (χ1v) is 6.24. The van der Waals surface area contributed by atoms with Gasteiger partial charge < -0.3 is 20.1 Å². The smallest absolute Gasteiger partial charge is 0.130 e. The molecule has 18 heavy (non-hydrogen) atoms. The molecule has 1 saturated heterocycles. The predicted octanol–water partition coefficient (Wildman–Crippen LogP) is -0.131. The lowest BCUT2D eigenvalue weighted by Gasteiger charge is -2.21. The first-order chi connectivity index (χ1) is 8.41. The Morgan fingerprint density at radius 1 is 1.33 bits per heavy atom. The molecule has 0 radical (unpaired) electrons. The Morgan fingerprint density at radius 3 is 2.50 bits per heavy atom. The summed E-state index contributed by atoms with van der Waals surface area (Å²) in [6.07, 6.45) is -4.93. The van der Waals surface area contributed by atoms with Crippen molar-refractivity contribution in [3.05, 3.63) is 29.6 Å². The van der Waals surface area contributed by atoms with Gasteiger partial charge in [-0.05, 0) is 18.6 Å². The van der Waals surface area contributed by atoms with Gasteiger partial charge in [0.25, 0.3) is 0 Å². The highest BCUT2D eigenvalue weighted by atomic mass is 31.0. The normalized spacial score (nSPS) is 33.7. The fourth-order valence-corrected chi connectivity index (χ4v) is 2.24. The number of halogens is 1. The van der Waals surface area contributed by atoms with Gasteiger partial charge >= 0.3 is 0 Å². The monoisotopic (exact) mass is 274 g/mol. The number of hydrogen-bond acceptors (Lipinski definition) is 4. The minimum Gasteiger partial charge on any atom is -0.388 e. The molecule has 4 nitrogen and oxygen atoms in total. The van der Waals surface area contributed by atoms with Gasteiger partial charge in [-0.25, -0.2) is 4.39 Å². The van der Waals surface area contributed by atoms with Crippen molar-refractivity contribution in [2.75, 3.05) is 0 Å². The van der Waals surface area contributed by atoms with E-state index in [-0.39, 0.29) is 0 Å². The molecule has 0 aromatic heterocycles. The third kappa shape index (κ3) is 2.42. The summed E-state index contributed by atoms with van der Waals surface area (Å²) in [5.74, 6) is -0.461. The highest BCUT2D eigenvalue weighted by Gasteiger charge is 2.44. The molecule has 0 aliphatic carbocycles. The summed E-state index contributed by atoms with van der Waals surface area (Å²) in [6.45, 7) is 1.60. The zero-order valence-electron chi connectivity index (χ0n) is 9.82. The van der Waals surface area contributed by atoms with Crippen LogP contribution in [0.1, 0.15) is 18.6 Å². The molecule has 1 heterocycles. The van der Waals surface area contributed by atoms with Crippen LogP contribution in [0.5, 0.6) is 0 Å². The predicted molar refractivity (Wildman–Crippen MR) is 67.1 cm³/mol. The molecule has 6 atom stereocenters. The van der Waals surface area contributed by atoms with E-state index in [9.17, 15) is 19.7 Å². The SMILES string of the molecule is CC1OC(C(O)c2ccc(P)c(F)c2)C(O)C1O. The topological polar surface area (TPSA) is 69.9 Å². The van der Waals surface area contributed by atoms with Crippen LogP contribution in [0, 0.1) is 5.82 Å². The van der Waals surface area contributed by atoms with Crippen LogP contribution < -0.4 is 5.30 Å². The summed E-state index contributed by atoms with van der Waals surface area (Å²) in [6, 6.07) is 4.26. The summed E-state index contributed by atoms with van der Waals surface area (Å²) in [4.78, 5) is 0. The largest absolute Gasteiger partial charge is 0.388 e. The Hall–Kier alpha value is -0.580. The van der Waals surface area contributed by atoms with Crippen molar-refractivity contribution < 1.29 is 24.4 Å². The molecule has 6 heteroatoms. The lowest BCUT2D eigenvalue weighted by atomic mass is 9.98. The first kappa shape index (κ1) is 13.8. The minimum atomic E-state index is -1.19. The molecule has 1 aromatic rings. The lowest BCUT2D eigenvalue weighted by molar-refractivity contribution is -0.0636. The molecule has 1 aromatic carbocycles. The molecule has 0 amide bonds. The van der Waals surface area contributed by atoms with Crippen molar-refractivity contribution in [1.29, 1.82) is 0 Å². The average molecular weight is 274 g/mol. The number of rotatable bonds is 2. The molecule has 100 valence electrons. The molecule has 1 aliphatic rings. The summed E-state index contributed by atoms with van der Waals surface area (Å²) in [7, 11) is 2.24. The fraction of sp³-hybridized carbons (Fsp3) is 0.500. The van der Waals surface area contributed by atoms with E-state index in [1.165, 1.54) is 12.1 Å².